The van der Waals surface area contributed by atoms with E-state index in [0.29, 0.717) is 23.3 Å². The fraction of sp³-hybridized carbons (Fsp3) is 0.500. The van der Waals surface area contributed by atoms with Gasteiger partial charge in [0.1, 0.15) is 0 Å². The number of nitrogens with one attached hydrogen (secondary N) is 2. The molecule has 0 bridgehead atoms. The van der Waals surface area contributed by atoms with E-state index >= 15 is 0 Å². The third-order valence-corrected chi connectivity index (χ3v) is 3.64. The Labute approximate surface area is 119 Å². The molecule has 0 spiro atoms. The van der Waals surface area contributed by atoms with Crippen LogP contribution in [0.15, 0.2) is 24.3 Å². The summed E-state index contributed by atoms with van der Waals surface area (Å²) in [5.74, 6) is 0. The molecule has 0 radical (unpaired) electrons. The van der Waals surface area contributed by atoms with Gasteiger partial charge in [0.05, 0.1) is 0 Å². The minimum atomic E-state index is -0.187. The van der Waals surface area contributed by atoms with Gasteiger partial charge in [-0.25, -0.2) is 4.79 Å². The van der Waals surface area contributed by atoms with Crippen LogP contribution in [0.2, 0.25) is 5.02 Å². The van der Waals surface area contributed by atoms with Crippen LogP contribution in [0.4, 0.5) is 10.5 Å². The number of nitrogens with zero attached hydrogens (tertiary/aromatic N) is 1. The molecule has 19 heavy (non-hydrogen) atoms. The summed E-state index contributed by atoms with van der Waals surface area (Å²) < 4.78 is 0. The summed E-state index contributed by atoms with van der Waals surface area (Å²) in [6.07, 6.45) is 2.53. The Balaban J connectivity index is 1.75. The number of halogens is 1. The molecule has 0 saturated carbocycles. The molecule has 1 aliphatic heterocycles. The van der Waals surface area contributed by atoms with Crippen LogP contribution in [-0.4, -0.2) is 36.6 Å². The van der Waals surface area contributed by atoms with Gasteiger partial charge < -0.3 is 10.6 Å². The van der Waals surface area contributed by atoms with E-state index in [1.807, 2.05) is 12.1 Å². The molecule has 104 valence electrons. The number of urea groups is 1. The Bertz CT molecular complexity index is 432. The number of carbonyl (C=O) groups excluding carboxylic acids is 1. The van der Waals surface area contributed by atoms with Crippen LogP contribution < -0.4 is 10.6 Å². The summed E-state index contributed by atoms with van der Waals surface area (Å²) in [6.45, 7) is 5.08. The lowest BCUT2D eigenvalue weighted by Gasteiger charge is -2.23. The average Bonchev–Trinajstić information content (AvgIpc) is 2.90. The first kappa shape index (κ1) is 14.2. The maximum absolute atomic E-state index is 11.8. The van der Waals surface area contributed by atoms with Crippen molar-refractivity contribution in [2.24, 2.45) is 0 Å². The van der Waals surface area contributed by atoms with Gasteiger partial charge in [-0.1, -0.05) is 17.7 Å². The van der Waals surface area contributed by atoms with Gasteiger partial charge >= 0.3 is 6.03 Å². The highest BCUT2D eigenvalue weighted by atomic mass is 35.5. The highest BCUT2D eigenvalue weighted by molar-refractivity contribution is 6.30. The van der Waals surface area contributed by atoms with Crippen molar-refractivity contribution in [2.45, 2.75) is 25.8 Å². The molecule has 1 aliphatic rings. The lowest BCUT2D eigenvalue weighted by molar-refractivity contribution is 0.234. The van der Waals surface area contributed by atoms with Crippen molar-refractivity contribution in [1.29, 1.82) is 0 Å². The maximum Gasteiger partial charge on any atom is 0.319 e. The Morgan fingerprint density at radius 2 is 2.16 bits per heavy atom. The fourth-order valence-corrected chi connectivity index (χ4v) is 2.48. The first-order chi connectivity index (χ1) is 9.15. The molecule has 1 aromatic carbocycles. The van der Waals surface area contributed by atoms with E-state index in [4.69, 9.17) is 11.6 Å². The van der Waals surface area contributed by atoms with Gasteiger partial charge in [-0.15, -0.1) is 0 Å². The third-order valence-electron chi connectivity index (χ3n) is 3.40. The second-order valence-corrected chi connectivity index (χ2v) is 5.37. The van der Waals surface area contributed by atoms with Crippen molar-refractivity contribution in [3.05, 3.63) is 29.3 Å². The third kappa shape index (κ3) is 4.40. The number of amides is 2. The van der Waals surface area contributed by atoms with Crippen LogP contribution in [0.1, 0.15) is 19.8 Å². The van der Waals surface area contributed by atoms with Crippen LogP contribution in [0.3, 0.4) is 0 Å². The molecular weight excluding hydrogens is 262 g/mol. The number of carbonyl (C=O) groups is 1. The van der Waals surface area contributed by atoms with Gasteiger partial charge in [-0.05, 0) is 51.1 Å². The van der Waals surface area contributed by atoms with E-state index in [1.54, 1.807) is 12.1 Å². The molecule has 1 aromatic rings. The van der Waals surface area contributed by atoms with Crippen LogP contribution >= 0.6 is 11.6 Å². The van der Waals surface area contributed by atoms with Crippen LogP contribution in [0.25, 0.3) is 0 Å². The quantitative estimate of drug-likeness (QED) is 0.891. The number of hydrogen-bond donors (Lipinski definition) is 2. The van der Waals surface area contributed by atoms with E-state index in [1.165, 1.54) is 12.8 Å². The van der Waals surface area contributed by atoms with Crippen molar-refractivity contribution in [3.63, 3.8) is 0 Å². The van der Waals surface area contributed by atoms with Crippen molar-refractivity contribution in [3.8, 4) is 0 Å². The minimum absolute atomic E-state index is 0.187. The number of rotatable bonds is 4. The molecule has 4 nitrogen and oxygen atoms in total. The van der Waals surface area contributed by atoms with E-state index in [2.05, 4.69) is 22.5 Å². The summed E-state index contributed by atoms with van der Waals surface area (Å²) in [7, 11) is 0. The Morgan fingerprint density at radius 3 is 2.84 bits per heavy atom. The standard InChI is InChI=1S/C14H20ClN3O/c1-11(18-7-2-3-8-18)10-16-14(19)17-13-6-4-5-12(15)9-13/h4-6,9,11H,2-3,7-8,10H2,1H3,(H2,16,17,19). The molecule has 2 rings (SSSR count). The zero-order chi connectivity index (χ0) is 13.7. The van der Waals surface area contributed by atoms with Crippen molar-refractivity contribution >= 4 is 23.3 Å². The zero-order valence-electron chi connectivity index (χ0n) is 11.2. The van der Waals surface area contributed by atoms with Crippen molar-refractivity contribution in [1.82, 2.24) is 10.2 Å². The first-order valence-electron chi connectivity index (χ1n) is 6.69. The number of anilines is 1. The topological polar surface area (TPSA) is 44.4 Å². The molecule has 1 heterocycles. The second kappa shape index (κ2) is 6.78. The normalized spacial score (nSPS) is 17.2. The molecule has 0 aromatic heterocycles. The SMILES string of the molecule is CC(CNC(=O)Nc1cccc(Cl)c1)N1CCCC1. The molecule has 1 unspecified atom stereocenters. The molecular formula is C14H20ClN3O. The number of benzene rings is 1. The maximum atomic E-state index is 11.8. The first-order valence-corrected chi connectivity index (χ1v) is 7.07. The minimum Gasteiger partial charge on any atom is -0.336 e. The van der Waals surface area contributed by atoms with Crippen LogP contribution in [0, 0.1) is 0 Å². The van der Waals surface area contributed by atoms with Gasteiger partial charge in [0, 0.05) is 23.3 Å². The Hall–Kier alpha value is -1.26. The lowest BCUT2D eigenvalue weighted by atomic mass is 10.3. The van der Waals surface area contributed by atoms with Gasteiger partial charge in [0.2, 0.25) is 0 Å². The van der Waals surface area contributed by atoms with Gasteiger partial charge in [0.25, 0.3) is 0 Å². The molecule has 2 N–H and O–H groups in total. The van der Waals surface area contributed by atoms with E-state index < -0.39 is 0 Å². The summed E-state index contributed by atoms with van der Waals surface area (Å²) >= 11 is 5.86. The van der Waals surface area contributed by atoms with Gasteiger partial charge in [-0.2, -0.15) is 0 Å². The highest BCUT2D eigenvalue weighted by Crippen LogP contribution is 2.14. The smallest absolute Gasteiger partial charge is 0.319 e. The Morgan fingerprint density at radius 1 is 1.42 bits per heavy atom. The Kier molecular flexibility index (Phi) is 5.05. The monoisotopic (exact) mass is 281 g/mol. The van der Waals surface area contributed by atoms with E-state index in [0.717, 1.165) is 13.1 Å². The van der Waals surface area contributed by atoms with E-state index in [-0.39, 0.29) is 6.03 Å². The molecule has 0 aliphatic carbocycles. The number of hydrogen-bond acceptors (Lipinski definition) is 2. The van der Waals surface area contributed by atoms with Gasteiger partial charge in [0.15, 0.2) is 0 Å². The summed E-state index contributed by atoms with van der Waals surface area (Å²) in [5, 5.41) is 6.28. The molecule has 2 amide bonds. The van der Waals surface area contributed by atoms with Gasteiger partial charge in [-0.3, -0.25) is 4.90 Å². The van der Waals surface area contributed by atoms with Crippen molar-refractivity contribution < 1.29 is 4.79 Å². The largest absolute Gasteiger partial charge is 0.336 e. The average molecular weight is 282 g/mol. The number of likely N-dealkylation sites (tertiary alicyclic amines) is 1. The summed E-state index contributed by atoms with van der Waals surface area (Å²) in [4.78, 5) is 14.2. The lowest BCUT2D eigenvalue weighted by Crippen LogP contribution is -2.42. The molecule has 1 fully saturated rings. The molecule has 1 atom stereocenters. The van der Waals surface area contributed by atoms with E-state index in [9.17, 15) is 4.79 Å². The second-order valence-electron chi connectivity index (χ2n) is 4.94. The highest BCUT2D eigenvalue weighted by Gasteiger charge is 2.18. The fourth-order valence-electron chi connectivity index (χ4n) is 2.29. The van der Waals surface area contributed by atoms with Crippen LogP contribution in [-0.2, 0) is 0 Å². The molecule has 5 heteroatoms. The summed E-state index contributed by atoms with van der Waals surface area (Å²) in [5.41, 5.74) is 0.707. The van der Waals surface area contributed by atoms with Crippen molar-refractivity contribution in [2.75, 3.05) is 25.0 Å². The molecule has 1 saturated heterocycles. The predicted molar refractivity (Wildman–Crippen MR) is 78.7 cm³/mol. The van der Waals surface area contributed by atoms with Crippen LogP contribution in [0.5, 0.6) is 0 Å². The predicted octanol–water partition coefficient (Wildman–Crippen LogP) is 2.95. The summed E-state index contributed by atoms with van der Waals surface area (Å²) in [6, 6.07) is 7.33. The zero-order valence-corrected chi connectivity index (χ0v) is 11.9.